The molecule has 0 aliphatic heterocycles. The molecular formula is C15H21ClFN3O2. The second kappa shape index (κ2) is 8.70. The van der Waals surface area contributed by atoms with Crippen LogP contribution >= 0.6 is 11.6 Å². The highest BCUT2D eigenvalue weighted by molar-refractivity contribution is 6.30. The van der Waals surface area contributed by atoms with Crippen molar-refractivity contribution in [3.05, 3.63) is 29.0 Å². The Kier molecular flexibility index (Phi) is 7.27. The van der Waals surface area contributed by atoms with Crippen LogP contribution in [0.15, 0.2) is 18.2 Å². The molecule has 0 radical (unpaired) electrons. The summed E-state index contributed by atoms with van der Waals surface area (Å²) in [7, 11) is 1.66. The molecule has 1 rings (SSSR count). The summed E-state index contributed by atoms with van der Waals surface area (Å²) in [5.74, 6) is -1.01. The smallest absolute Gasteiger partial charge is 0.238 e. The van der Waals surface area contributed by atoms with E-state index >= 15 is 0 Å². The Hall–Kier alpha value is -1.66. The normalized spacial score (nSPS) is 10.6. The van der Waals surface area contributed by atoms with Crippen molar-refractivity contribution in [1.82, 2.24) is 9.80 Å². The first-order valence-corrected chi connectivity index (χ1v) is 7.46. The minimum Gasteiger partial charge on any atom is -0.342 e. The lowest BCUT2D eigenvalue weighted by atomic mass is 10.3. The van der Waals surface area contributed by atoms with Gasteiger partial charge in [-0.25, -0.2) is 4.39 Å². The molecule has 1 aromatic rings. The van der Waals surface area contributed by atoms with Crippen molar-refractivity contribution < 1.29 is 14.0 Å². The quantitative estimate of drug-likeness (QED) is 0.834. The molecule has 5 nitrogen and oxygen atoms in total. The molecule has 0 aromatic heterocycles. The maximum Gasteiger partial charge on any atom is 0.238 e. The molecule has 22 heavy (non-hydrogen) atoms. The maximum atomic E-state index is 13.5. The Morgan fingerprint density at radius 2 is 1.86 bits per heavy atom. The number of halogens is 2. The lowest BCUT2D eigenvalue weighted by molar-refractivity contribution is -0.132. The average Bonchev–Trinajstić information content (AvgIpc) is 2.43. The first kappa shape index (κ1) is 18.4. The van der Waals surface area contributed by atoms with Gasteiger partial charge in [-0.05, 0) is 39.1 Å². The van der Waals surface area contributed by atoms with Gasteiger partial charge in [-0.15, -0.1) is 0 Å². The molecule has 0 fully saturated rings. The molecule has 7 heteroatoms. The Labute approximate surface area is 135 Å². The number of nitrogens with zero attached hydrogens (tertiary/aromatic N) is 2. The fraction of sp³-hybridized carbons (Fsp3) is 0.467. The molecule has 0 bridgehead atoms. The third-order valence-electron chi connectivity index (χ3n) is 3.14. The third-order valence-corrected chi connectivity index (χ3v) is 3.37. The predicted octanol–water partition coefficient (Wildman–Crippen LogP) is 2.22. The van der Waals surface area contributed by atoms with Crippen LogP contribution in [0.25, 0.3) is 0 Å². The van der Waals surface area contributed by atoms with Gasteiger partial charge >= 0.3 is 0 Å². The van der Waals surface area contributed by atoms with Crippen LogP contribution in [0.1, 0.15) is 13.8 Å². The first-order chi connectivity index (χ1) is 10.4. The lowest BCUT2D eigenvalue weighted by Crippen LogP contribution is -2.41. The maximum absolute atomic E-state index is 13.5. The zero-order valence-corrected chi connectivity index (χ0v) is 13.8. The summed E-state index contributed by atoms with van der Waals surface area (Å²) in [6.07, 6.45) is 0. The summed E-state index contributed by atoms with van der Waals surface area (Å²) in [6.45, 7) is 5.17. The van der Waals surface area contributed by atoms with Crippen molar-refractivity contribution >= 4 is 29.1 Å². The summed E-state index contributed by atoms with van der Waals surface area (Å²) >= 11 is 5.76. The van der Waals surface area contributed by atoms with E-state index in [0.717, 1.165) is 0 Å². The van der Waals surface area contributed by atoms with Gasteiger partial charge < -0.3 is 10.2 Å². The second-order valence-corrected chi connectivity index (χ2v) is 5.35. The second-order valence-electron chi connectivity index (χ2n) is 4.91. The van der Waals surface area contributed by atoms with Gasteiger partial charge in [0.2, 0.25) is 11.8 Å². The molecule has 0 unspecified atom stereocenters. The monoisotopic (exact) mass is 329 g/mol. The minimum atomic E-state index is -0.556. The molecule has 0 aliphatic carbocycles. The van der Waals surface area contributed by atoms with E-state index in [2.05, 4.69) is 5.32 Å². The standard InChI is InChI=1S/C15H21ClFN3O2/c1-4-20(5-2)15(22)10-19(3)9-14(21)18-13-8-11(16)6-7-12(13)17/h6-8H,4-5,9-10H2,1-3H3,(H,18,21). The molecule has 1 N–H and O–H groups in total. The van der Waals surface area contributed by atoms with Gasteiger partial charge in [-0.2, -0.15) is 0 Å². The van der Waals surface area contributed by atoms with Crippen molar-refractivity contribution in [2.24, 2.45) is 0 Å². The van der Waals surface area contributed by atoms with E-state index < -0.39 is 11.7 Å². The van der Waals surface area contributed by atoms with Crippen LogP contribution in [0, 0.1) is 5.82 Å². The number of nitrogens with one attached hydrogen (secondary N) is 1. The van der Waals surface area contributed by atoms with Crippen LogP contribution in [0.2, 0.25) is 5.02 Å². The predicted molar refractivity (Wildman–Crippen MR) is 85.5 cm³/mol. The zero-order valence-electron chi connectivity index (χ0n) is 13.0. The van der Waals surface area contributed by atoms with Crippen LogP contribution < -0.4 is 5.32 Å². The molecular weight excluding hydrogens is 309 g/mol. The Balaban J connectivity index is 2.54. The molecule has 2 amide bonds. The van der Waals surface area contributed by atoms with Crippen LogP contribution in [-0.2, 0) is 9.59 Å². The van der Waals surface area contributed by atoms with Crippen molar-refractivity contribution in [2.75, 3.05) is 38.5 Å². The Morgan fingerprint density at radius 1 is 1.23 bits per heavy atom. The number of benzene rings is 1. The number of carbonyl (C=O) groups excluding carboxylic acids is 2. The number of likely N-dealkylation sites (N-methyl/N-ethyl adjacent to an activating group) is 2. The van der Waals surface area contributed by atoms with E-state index in [1.165, 1.54) is 18.2 Å². The van der Waals surface area contributed by atoms with Gasteiger partial charge in [0.15, 0.2) is 0 Å². The number of amides is 2. The zero-order chi connectivity index (χ0) is 16.7. The van der Waals surface area contributed by atoms with Crippen LogP contribution in [0.4, 0.5) is 10.1 Å². The van der Waals surface area contributed by atoms with Gasteiger partial charge in [0.05, 0.1) is 18.8 Å². The van der Waals surface area contributed by atoms with E-state index in [9.17, 15) is 14.0 Å². The fourth-order valence-corrected chi connectivity index (χ4v) is 2.16. The Morgan fingerprint density at radius 3 is 2.45 bits per heavy atom. The summed E-state index contributed by atoms with van der Waals surface area (Å²) in [4.78, 5) is 27.1. The highest BCUT2D eigenvalue weighted by atomic mass is 35.5. The molecule has 0 saturated carbocycles. The van der Waals surface area contributed by atoms with Crippen molar-refractivity contribution in [1.29, 1.82) is 0 Å². The largest absolute Gasteiger partial charge is 0.342 e. The molecule has 0 saturated heterocycles. The van der Waals surface area contributed by atoms with Gasteiger partial charge in [0, 0.05) is 18.1 Å². The van der Waals surface area contributed by atoms with Crippen molar-refractivity contribution in [3.63, 3.8) is 0 Å². The lowest BCUT2D eigenvalue weighted by Gasteiger charge is -2.22. The molecule has 0 aliphatic rings. The van der Waals surface area contributed by atoms with E-state index in [4.69, 9.17) is 11.6 Å². The van der Waals surface area contributed by atoms with Gasteiger partial charge in [0.25, 0.3) is 0 Å². The number of carbonyl (C=O) groups is 2. The molecule has 0 spiro atoms. The van der Waals surface area contributed by atoms with E-state index in [1.807, 2.05) is 13.8 Å². The van der Waals surface area contributed by atoms with Gasteiger partial charge in [-0.3, -0.25) is 14.5 Å². The number of hydrogen-bond donors (Lipinski definition) is 1. The average molecular weight is 330 g/mol. The van der Waals surface area contributed by atoms with Crippen molar-refractivity contribution in [2.45, 2.75) is 13.8 Å². The van der Waals surface area contributed by atoms with Crippen LogP contribution in [-0.4, -0.2) is 54.8 Å². The number of rotatable bonds is 7. The SMILES string of the molecule is CCN(CC)C(=O)CN(C)CC(=O)Nc1cc(Cl)ccc1F. The molecule has 1 aromatic carbocycles. The van der Waals surface area contributed by atoms with E-state index in [0.29, 0.717) is 18.1 Å². The molecule has 122 valence electrons. The van der Waals surface area contributed by atoms with Gasteiger partial charge in [-0.1, -0.05) is 11.6 Å². The highest BCUT2D eigenvalue weighted by Gasteiger charge is 2.15. The van der Waals surface area contributed by atoms with E-state index in [-0.39, 0.29) is 24.7 Å². The van der Waals surface area contributed by atoms with Gasteiger partial charge in [0.1, 0.15) is 5.82 Å². The number of anilines is 1. The van der Waals surface area contributed by atoms with Crippen LogP contribution in [0.3, 0.4) is 0 Å². The topological polar surface area (TPSA) is 52.7 Å². The third kappa shape index (κ3) is 5.61. The number of hydrogen-bond acceptors (Lipinski definition) is 3. The first-order valence-electron chi connectivity index (χ1n) is 7.08. The molecule has 0 heterocycles. The summed E-state index contributed by atoms with van der Waals surface area (Å²) < 4.78 is 13.5. The minimum absolute atomic E-state index is 0.0149. The van der Waals surface area contributed by atoms with Crippen LogP contribution in [0.5, 0.6) is 0 Å². The van der Waals surface area contributed by atoms with E-state index in [1.54, 1.807) is 16.8 Å². The molecule has 0 atom stereocenters. The fourth-order valence-electron chi connectivity index (χ4n) is 1.99. The highest BCUT2D eigenvalue weighted by Crippen LogP contribution is 2.19. The summed E-state index contributed by atoms with van der Waals surface area (Å²) in [5.41, 5.74) is 0.0287. The summed E-state index contributed by atoms with van der Waals surface area (Å²) in [6, 6.07) is 3.93. The summed E-state index contributed by atoms with van der Waals surface area (Å²) in [5, 5.41) is 2.78. The van der Waals surface area contributed by atoms with Crippen molar-refractivity contribution in [3.8, 4) is 0 Å². The Bertz CT molecular complexity index is 536.